The van der Waals surface area contributed by atoms with Gasteiger partial charge in [-0.1, -0.05) is 6.92 Å². The van der Waals surface area contributed by atoms with Crippen molar-refractivity contribution in [3.05, 3.63) is 0 Å². The van der Waals surface area contributed by atoms with Crippen LogP contribution >= 0.6 is 0 Å². The molecular weight excluding hydrogens is 252 g/mol. The van der Waals surface area contributed by atoms with E-state index in [1.54, 1.807) is 4.90 Å². The highest BCUT2D eigenvalue weighted by Gasteiger charge is 2.51. The van der Waals surface area contributed by atoms with Gasteiger partial charge < -0.3 is 10.6 Å². The summed E-state index contributed by atoms with van der Waals surface area (Å²) in [6, 6.07) is -2.28. The molecule has 5 unspecified atom stereocenters. The van der Waals surface area contributed by atoms with Crippen LogP contribution in [-0.4, -0.2) is 48.3 Å². The number of amides is 1. The van der Waals surface area contributed by atoms with Crippen LogP contribution in [0.4, 0.5) is 0 Å². The Bertz CT molecular complexity index is 574. The normalized spacial score (nSPS) is 56.4. The fourth-order valence-corrected chi connectivity index (χ4v) is 3.89. The van der Waals surface area contributed by atoms with Crippen molar-refractivity contribution in [2.24, 2.45) is 11.8 Å². The Morgan fingerprint density at radius 3 is 2.85 bits per heavy atom. The van der Waals surface area contributed by atoms with Crippen molar-refractivity contribution in [1.82, 2.24) is 20.9 Å². The average molecular weight is 283 g/mol. The molecule has 4 rings (SSSR count). The molecule has 3 saturated heterocycles. The Labute approximate surface area is 127 Å². The highest BCUT2D eigenvalue weighted by Crippen LogP contribution is 2.37. The first-order valence-electron chi connectivity index (χ1n) is 10.2. The zero-order valence-corrected chi connectivity index (χ0v) is 11.8. The molecular formula is C15H26N4O. The van der Waals surface area contributed by atoms with Crippen LogP contribution in [0.5, 0.6) is 0 Å². The van der Waals surface area contributed by atoms with Crippen LogP contribution in [-0.2, 0) is 4.79 Å². The number of hydrogen-bond donors (Lipinski definition) is 3. The monoisotopic (exact) mass is 283 g/mol. The zero-order chi connectivity index (χ0) is 18.2. The van der Waals surface area contributed by atoms with Crippen molar-refractivity contribution in [3.63, 3.8) is 0 Å². The predicted octanol–water partition coefficient (Wildman–Crippen LogP) is 0.230. The molecule has 1 saturated carbocycles. The standard InChI is InChI=1S/C15H26N4O/c1-9-6-8-17-14-12(9)18-15(20)11-3-2-7-16-13(11)19(14)10-4-5-10/h9-14,16-17H,2-8H2,1H3,(H,18,20)/i4D2,5D2,10D. The molecule has 0 aromatic carbocycles. The summed E-state index contributed by atoms with van der Waals surface area (Å²) in [6.45, 7) is 3.43. The highest BCUT2D eigenvalue weighted by molar-refractivity contribution is 5.80. The molecule has 3 aliphatic heterocycles. The lowest BCUT2D eigenvalue weighted by Gasteiger charge is -2.46. The first-order chi connectivity index (χ1) is 11.6. The lowest BCUT2D eigenvalue weighted by molar-refractivity contribution is -0.127. The third kappa shape index (κ3) is 2.07. The summed E-state index contributed by atoms with van der Waals surface area (Å²) in [6.07, 6.45) is -3.19. The smallest absolute Gasteiger partial charge is 0.226 e. The molecule has 0 radical (unpaired) electrons. The number of carbonyl (C=O) groups is 1. The first-order valence-corrected chi connectivity index (χ1v) is 7.70. The van der Waals surface area contributed by atoms with E-state index in [1.807, 2.05) is 6.92 Å². The second kappa shape index (κ2) is 4.97. The third-order valence-electron chi connectivity index (χ3n) is 5.07. The maximum Gasteiger partial charge on any atom is 0.226 e. The van der Waals surface area contributed by atoms with E-state index in [2.05, 4.69) is 16.0 Å². The average Bonchev–Trinajstić information content (AvgIpc) is 2.94. The fourth-order valence-electron chi connectivity index (χ4n) is 3.89. The van der Waals surface area contributed by atoms with Crippen molar-refractivity contribution < 1.29 is 11.6 Å². The lowest BCUT2D eigenvalue weighted by Crippen LogP contribution is -2.66. The summed E-state index contributed by atoms with van der Waals surface area (Å²) in [5.41, 5.74) is 0. The number of nitrogens with one attached hydrogen (secondary N) is 3. The van der Waals surface area contributed by atoms with Crippen LogP contribution in [0, 0.1) is 11.8 Å². The molecule has 5 heteroatoms. The van der Waals surface area contributed by atoms with Gasteiger partial charge in [-0.05, 0) is 51.0 Å². The van der Waals surface area contributed by atoms with Crippen molar-refractivity contribution in [2.45, 2.75) is 63.3 Å². The minimum atomic E-state index is -2.29. The van der Waals surface area contributed by atoms with Crippen molar-refractivity contribution >= 4 is 5.91 Å². The predicted molar refractivity (Wildman–Crippen MR) is 76.9 cm³/mol. The minimum absolute atomic E-state index is 0.0735. The van der Waals surface area contributed by atoms with Gasteiger partial charge in [0.2, 0.25) is 5.91 Å². The van der Waals surface area contributed by atoms with Gasteiger partial charge in [0.05, 0.1) is 24.3 Å². The molecule has 4 aliphatic rings. The number of piperidine rings is 2. The van der Waals surface area contributed by atoms with Crippen molar-refractivity contribution in [1.29, 1.82) is 0 Å². The van der Waals surface area contributed by atoms with E-state index >= 15 is 0 Å². The number of fused-ring (bicyclic) bond motifs is 2. The molecule has 0 spiro atoms. The van der Waals surface area contributed by atoms with E-state index in [0.717, 1.165) is 12.8 Å². The summed E-state index contributed by atoms with van der Waals surface area (Å²) in [4.78, 5) is 14.4. The van der Waals surface area contributed by atoms with E-state index < -0.39 is 37.0 Å². The molecule has 112 valence electrons. The van der Waals surface area contributed by atoms with Crippen LogP contribution in [0.3, 0.4) is 0 Å². The van der Waals surface area contributed by atoms with Crippen LogP contribution < -0.4 is 16.0 Å². The molecule has 5 atom stereocenters. The molecule has 4 fully saturated rings. The van der Waals surface area contributed by atoms with Gasteiger partial charge in [-0.25, -0.2) is 0 Å². The molecule has 1 aliphatic carbocycles. The van der Waals surface area contributed by atoms with Crippen LogP contribution in [0.25, 0.3) is 0 Å². The van der Waals surface area contributed by atoms with Gasteiger partial charge in [0, 0.05) is 12.9 Å². The Kier molecular flexibility index (Phi) is 2.16. The second-order valence-electron chi connectivity index (χ2n) is 6.35. The third-order valence-corrected chi connectivity index (χ3v) is 5.07. The zero-order valence-electron chi connectivity index (χ0n) is 16.8. The Morgan fingerprint density at radius 1 is 1.25 bits per heavy atom. The molecule has 1 amide bonds. The number of carbonyl (C=O) groups excluding carboxylic acids is 1. The SMILES string of the molecule is [2H]C1([2H])C([2H])([2H])C1([2H])N1C2NCCCC2C(=O)NC2C(C)CCNC21. The van der Waals surface area contributed by atoms with E-state index in [4.69, 9.17) is 6.85 Å². The van der Waals surface area contributed by atoms with E-state index in [1.165, 1.54) is 0 Å². The molecule has 0 aromatic rings. The number of hydrogen-bond acceptors (Lipinski definition) is 4. The van der Waals surface area contributed by atoms with Crippen molar-refractivity contribution in [2.75, 3.05) is 13.1 Å². The largest absolute Gasteiger partial charge is 0.350 e. The Morgan fingerprint density at radius 2 is 2.05 bits per heavy atom. The Hall–Kier alpha value is -0.650. The van der Waals surface area contributed by atoms with Gasteiger partial charge in [-0.15, -0.1) is 0 Å². The maximum absolute atomic E-state index is 12.8. The molecule has 5 nitrogen and oxygen atoms in total. The molecule has 0 aromatic heterocycles. The quantitative estimate of drug-likeness (QED) is 0.645. The summed E-state index contributed by atoms with van der Waals surface area (Å²) in [7, 11) is 0. The molecule has 3 N–H and O–H groups in total. The summed E-state index contributed by atoms with van der Waals surface area (Å²) in [5, 5.41) is 9.72. The van der Waals surface area contributed by atoms with Gasteiger partial charge in [0.1, 0.15) is 0 Å². The number of nitrogens with zero attached hydrogens (tertiary/aromatic N) is 1. The molecule has 0 bridgehead atoms. The summed E-state index contributed by atoms with van der Waals surface area (Å²) in [5.74, 6) is -0.296. The van der Waals surface area contributed by atoms with Gasteiger partial charge in [0.25, 0.3) is 0 Å². The van der Waals surface area contributed by atoms with Crippen molar-refractivity contribution in [3.8, 4) is 0 Å². The first kappa shape index (κ1) is 8.71. The van der Waals surface area contributed by atoms with Gasteiger partial charge in [0.15, 0.2) is 0 Å². The molecule has 3 heterocycles. The number of rotatable bonds is 1. The summed E-state index contributed by atoms with van der Waals surface area (Å²) >= 11 is 0. The topological polar surface area (TPSA) is 56.4 Å². The minimum Gasteiger partial charge on any atom is -0.350 e. The maximum atomic E-state index is 12.8. The summed E-state index contributed by atoms with van der Waals surface area (Å²) < 4.78 is 41.3. The van der Waals surface area contributed by atoms with E-state index in [9.17, 15) is 4.79 Å². The lowest BCUT2D eigenvalue weighted by atomic mass is 9.91. The van der Waals surface area contributed by atoms with E-state index in [0.29, 0.717) is 19.5 Å². The highest BCUT2D eigenvalue weighted by atomic mass is 16.2. The van der Waals surface area contributed by atoms with Gasteiger partial charge in [-0.2, -0.15) is 0 Å². The van der Waals surface area contributed by atoms with Gasteiger partial charge >= 0.3 is 0 Å². The fraction of sp³-hybridized carbons (Fsp3) is 0.933. The second-order valence-corrected chi connectivity index (χ2v) is 6.35. The van der Waals surface area contributed by atoms with Crippen LogP contribution in [0.15, 0.2) is 0 Å². The Balaban J connectivity index is 1.81. The van der Waals surface area contributed by atoms with E-state index in [-0.39, 0.29) is 17.9 Å². The van der Waals surface area contributed by atoms with Gasteiger partial charge in [-0.3, -0.25) is 15.0 Å². The van der Waals surface area contributed by atoms with Crippen LogP contribution in [0.1, 0.15) is 45.8 Å². The molecule has 20 heavy (non-hydrogen) atoms. The van der Waals surface area contributed by atoms with Crippen LogP contribution in [0.2, 0.25) is 0 Å².